The maximum Gasteiger partial charge on any atom is 0.252 e. The predicted octanol–water partition coefficient (Wildman–Crippen LogP) is 3.37. The quantitative estimate of drug-likeness (QED) is 0.795. The highest BCUT2D eigenvalue weighted by atomic mass is 16.7. The molecule has 2 N–H and O–H groups in total. The van der Waals surface area contributed by atoms with Crippen LogP contribution >= 0.6 is 0 Å². The third-order valence-corrected chi connectivity index (χ3v) is 6.31. The highest BCUT2D eigenvalue weighted by Crippen LogP contribution is 2.32. The van der Waals surface area contributed by atoms with Gasteiger partial charge in [0.05, 0.1) is 0 Å². The van der Waals surface area contributed by atoms with Crippen LogP contribution in [0.3, 0.4) is 0 Å². The summed E-state index contributed by atoms with van der Waals surface area (Å²) in [4.78, 5) is 26.0. The summed E-state index contributed by atoms with van der Waals surface area (Å²) in [5, 5.41) is 6.19. The van der Waals surface area contributed by atoms with Crippen molar-refractivity contribution in [3.8, 4) is 0 Å². The van der Waals surface area contributed by atoms with E-state index >= 15 is 0 Å². The number of rotatable bonds is 5. The van der Waals surface area contributed by atoms with Gasteiger partial charge in [-0.3, -0.25) is 9.59 Å². The van der Waals surface area contributed by atoms with E-state index in [1.165, 1.54) is 12.8 Å². The second kappa shape index (κ2) is 9.72. The van der Waals surface area contributed by atoms with E-state index in [4.69, 9.17) is 9.47 Å². The minimum absolute atomic E-state index is 0.165. The Bertz CT molecular complexity index is 643. The van der Waals surface area contributed by atoms with Crippen molar-refractivity contribution in [1.29, 1.82) is 0 Å². The molecule has 0 radical (unpaired) electrons. The molecule has 1 saturated heterocycles. The van der Waals surface area contributed by atoms with Crippen molar-refractivity contribution < 1.29 is 19.1 Å². The van der Waals surface area contributed by atoms with Crippen molar-refractivity contribution in [2.45, 2.75) is 94.8 Å². The molecule has 2 atom stereocenters. The topological polar surface area (TPSA) is 76.7 Å². The predicted molar refractivity (Wildman–Crippen MR) is 109 cm³/mol. The first-order valence-corrected chi connectivity index (χ1v) is 11.2. The molecule has 3 fully saturated rings. The largest absolute Gasteiger partial charge is 0.351 e. The molecule has 1 aliphatic heterocycles. The van der Waals surface area contributed by atoms with Crippen molar-refractivity contribution in [1.82, 2.24) is 10.6 Å². The van der Waals surface area contributed by atoms with Gasteiger partial charge in [-0.05, 0) is 25.7 Å². The molecular formula is C23H32N2O4. The zero-order valence-corrected chi connectivity index (χ0v) is 17.0. The summed E-state index contributed by atoms with van der Waals surface area (Å²) in [5.74, 6) is -0.474. The minimum Gasteiger partial charge on any atom is -0.351 e. The number of carbonyl (C=O) groups excluding carboxylic acids is 2. The van der Waals surface area contributed by atoms with Crippen molar-refractivity contribution in [2.75, 3.05) is 0 Å². The molecule has 6 nitrogen and oxygen atoms in total. The fraction of sp³-hybridized carbons (Fsp3) is 0.652. The molecule has 0 bridgehead atoms. The van der Waals surface area contributed by atoms with Crippen LogP contribution < -0.4 is 10.6 Å². The molecule has 0 spiro atoms. The number of amides is 2. The Morgan fingerprint density at radius 2 is 1.14 bits per heavy atom. The lowest BCUT2D eigenvalue weighted by molar-refractivity contribution is -0.138. The number of carbonyl (C=O) groups is 2. The Hall–Kier alpha value is -1.92. The van der Waals surface area contributed by atoms with E-state index in [0.717, 1.165) is 56.9 Å². The zero-order chi connectivity index (χ0) is 20.1. The fourth-order valence-electron chi connectivity index (χ4n) is 4.67. The Kier molecular flexibility index (Phi) is 6.82. The van der Waals surface area contributed by atoms with E-state index in [-0.39, 0.29) is 23.9 Å². The first kappa shape index (κ1) is 20.4. The average Bonchev–Trinajstić information content (AvgIpc) is 3.22. The zero-order valence-electron chi connectivity index (χ0n) is 17.0. The van der Waals surface area contributed by atoms with Crippen molar-refractivity contribution in [3.63, 3.8) is 0 Å². The maximum atomic E-state index is 13.0. The van der Waals surface area contributed by atoms with Gasteiger partial charge in [-0.15, -0.1) is 0 Å². The molecule has 2 aliphatic carbocycles. The molecule has 1 aromatic carbocycles. The van der Waals surface area contributed by atoms with Crippen LogP contribution in [0.2, 0.25) is 0 Å². The first-order valence-electron chi connectivity index (χ1n) is 11.2. The van der Waals surface area contributed by atoms with Crippen molar-refractivity contribution in [3.05, 3.63) is 35.9 Å². The second-order valence-electron chi connectivity index (χ2n) is 8.54. The first-order chi connectivity index (χ1) is 14.2. The van der Waals surface area contributed by atoms with E-state index in [9.17, 15) is 9.59 Å². The number of hydrogen-bond acceptors (Lipinski definition) is 4. The lowest BCUT2D eigenvalue weighted by Crippen LogP contribution is -2.52. The SMILES string of the molecule is O=C(NC1CCCCC1)[C@H]1OC(c2ccccc2)O[C@@H]1C(=O)NC1CCCCC1. The van der Waals surface area contributed by atoms with Gasteiger partial charge in [0.1, 0.15) is 0 Å². The lowest BCUT2D eigenvalue weighted by Gasteiger charge is -2.26. The Morgan fingerprint density at radius 1 is 0.690 bits per heavy atom. The normalized spacial score (nSPS) is 26.9. The molecule has 0 aromatic heterocycles. The van der Waals surface area contributed by atoms with Gasteiger partial charge >= 0.3 is 0 Å². The number of hydrogen-bond donors (Lipinski definition) is 2. The van der Waals surface area contributed by atoms with Crippen LogP contribution in [-0.2, 0) is 19.1 Å². The molecule has 0 unspecified atom stereocenters. The summed E-state index contributed by atoms with van der Waals surface area (Å²) in [7, 11) is 0. The highest BCUT2D eigenvalue weighted by Gasteiger charge is 2.46. The van der Waals surface area contributed by atoms with Crippen LogP contribution in [0.15, 0.2) is 30.3 Å². The van der Waals surface area contributed by atoms with Crippen LogP contribution in [0.4, 0.5) is 0 Å². The van der Waals surface area contributed by atoms with E-state index < -0.39 is 18.5 Å². The van der Waals surface area contributed by atoms with E-state index in [1.807, 2.05) is 30.3 Å². The molecule has 29 heavy (non-hydrogen) atoms. The Morgan fingerprint density at radius 3 is 1.59 bits per heavy atom. The molecule has 4 rings (SSSR count). The minimum atomic E-state index is -0.925. The van der Waals surface area contributed by atoms with Crippen LogP contribution in [-0.4, -0.2) is 36.1 Å². The van der Waals surface area contributed by atoms with Crippen molar-refractivity contribution >= 4 is 11.8 Å². The van der Waals surface area contributed by atoms with Gasteiger partial charge < -0.3 is 20.1 Å². The van der Waals surface area contributed by atoms with Gasteiger partial charge in [0.25, 0.3) is 11.8 Å². The third kappa shape index (κ3) is 5.17. The number of benzene rings is 1. The average molecular weight is 401 g/mol. The van der Waals surface area contributed by atoms with Crippen LogP contribution in [0.5, 0.6) is 0 Å². The summed E-state index contributed by atoms with van der Waals surface area (Å²) < 4.78 is 12.0. The smallest absolute Gasteiger partial charge is 0.252 e. The second-order valence-corrected chi connectivity index (χ2v) is 8.54. The van der Waals surface area contributed by atoms with Crippen LogP contribution in [0, 0.1) is 0 Å². The van der Waals surface area contributed by atoms with Gasteiger partial charge in [-0.25, -0.2) is 0 Å². The van der Waals surface area contributed by atoms with E-state index in [0.29, 0.717) is 0 Å². The van der Waals surface area contributed by atoms with E-state index in [2.05, 4.69) is 10.6 Å². The van der Waals surface area contributed by atoms with E-state index in [1.54, 1.807) is 0 Å². The Balaban J connectivity index is 1.45. The van der Waals surface area contributed by atoms with Gasteiger partial charge in [-0.2, -0.15) is 0 Å². The van der Waals surface area contributed by atoms with Gasteiger partial charge in [0.15, 0.2) is 18.5 Å². The summed E-state index contributed by atoms with van der Waals surface area (Å²) in [6.45, 7) is 0. The third-order valence-electron chi connectivity index (χ3n) is 6.31. The Labute approximate surface area is 172 Å². The molecule has 158 valence electrons. The summed E-state index contributed by atoms with van der Waals surface area (Å²) in [6.07, 6.45) is 8.35. The molecule has 6 heteroatoms. The maximum absolute atomic E-state index is 13.0. The lowest BCUT2D eigenvalue weighted by atomic mass is 9.94. The number of ether oxygens (including phenoxy) is 2. The van der Waals surface area contributed by atoms with Crippen molar-refractivity contribution in [2.24, 2.45) is 0 Å². The van der Waals surface area contributed by atoms with Gasteiger partial charge in [0, 0.05) is 17.6 Å². The van der Waals surface area contributed by atoms with Crippen LogP contribution in [0.25, 0.3) is 0 Å². The molecule has 2 saturated carbocycles. The molecule has 2 amide bonds. The monoisotopic (exact) mass is 400 g/mol. The fourth-order valence-corrected chi connectivity index (χ4v) is 4.67. The van der Waals surface area contributed by atoms with Gasteiger partial charge in [-0.1, -0.05) is 68.9 Å². The molecule has 3 aliphatic rings. The molecule has 1 heterocycles. The summed E-state index contributed by atoms with van der Waals surface area (Å²) in [6, 6.07) is 9.82. The van der Waals surface area contributed by atoms with Gasteiger partial charge in [0.2, 0.25) is 0 Å². The number of nitrogens with one attached hydrogen (secondary N) is 2. The highest BCUT2D eigenvalue weighted by molar-refractivity contribution is 5.91. The molecular weight excluding hydrogens is 368 g/mol. The van der Waals surface area contributed by atoms with Crippen LogP contribution in [0.1, 0.15) is 76.1 Å². The molecule has 1 aromatic rings. The summed E-state index contributed by atoms with van der Waals surface area (Å²) in [5.41, 5.74) is 0.816. The standard InChI is InChI=1S/C23H32N2O4/c26-21(24-17-12-6-2-7-13-17)19-20(22(27)25-18-14-8-3-9-15-18)29-23(28-19)16-10-4-1-5-11-16/h1,4-5,10-11,17-20,23H,2-3,6-9,12-15H2,(H,24,26)(H,25,27)/t19-,20-/m0/s1. The summed E-state index contributed by atoms with van der Waals surface area (Å²) >= 11 is 0.